The normalized spacial score (nSPS) is 23.2. The van der Waals surface area contributed by atoms with E-state index in [9.17, 15) is 14.7 Å². The first-order valence-electron chi connectivity index (χ1n) is 5.96. The molecule has 0 bridgehead atoms. The van der Waals surface area contributed by atoms with Crippen molar-refractivity contribution < 1.29 is 14.7 Å². The minimum atomic E-state index is -0.896. The SMILES string of the molecule is CC[C@@]1(C)NC(=O)N(/N=C\c2cccc(O)c2)C1=O. The maximum atomic E-state index is 12.0. The molecule has 0 aliphatic carbocycles. The lowest BCUT2D eigenvalue weighted by molar-refractivity contribution is -0.130. The van der Waals surface area contributed by atoms with Crippen LogP contribution in [0.5, 0.6) is 5.75 Å². The lowest BCUT2D eigenvalue weighted by Crippen LogP contribution is -2.42. The number of amides is 3. The van der Waals surface area contributed by atoms with Crippen LogP contribution in [0.25, 0.3) is 0 Å². The molecule has 0 saturated carbocycles. The van der Waals surface area contributed by atoms with E-state index in [4.69, 9.17) is 0 Å². The van der Waals surface area contributed by atoms with Gasteiger partial charge in [-0.25, -0.2) is 4.79 Å². The molecule has 1 aliphatic heterocycles. The van der Waals surface area contributed by atoms with Gasteiger partial charge >= 0.3 is 6.03 Å². The average Bonchev–Trinajstić information content (AvgIpc) is 2.59. The van der Waals surface area contributed by atoms with Crippen LogP contribution in [-0.2, 0) is 4.79 Å². The summed E-state index contributed by atoms with van der Waals surface area (Å²) in [5.74, 6) is -0.282. The van der Waals surface area contributed by atoms with Crippen molar-refractivity contribution in [2.75, 3.05) is 0 Å². The van der Waals surface area contributed by atoms with Gasteiger partial charge in [-0.1, -0.05) is 19.1 Å². The number of rotatable bonds is 3. The van der Waals surface area contributed by atoms with Crippen LogP contribution in [0.3, 0.4) is 0 Å². The Morgan fingerprint density at radius 3 is 2.79 bits per heavy atom. The Hall–Kier alpha value is -2.37. The fourth-order valence-electron chi connectivity index (χ4n) is 1.74. The number of hydrogen-bond acceptors (Lipinski definition) is 4. The van der Waals surface area contributed by atoms with E-state index in [0.717, 1.165) is 5.01 Å². The minimum absolute atomic E-state index is 0.0968. The number of benzene rings is 1. The fourth-order valence-corrected chi connectivity index (χ4v) is 1.74. The molecule has 0 aromatic heterocycles. The smallest absolute Gasteiger partial charge is 0.346 e. The Bertz CT molecular complexity index is 556. The summed E-state index contributed by atoms with van der Waals surface area (Å²) in [5, 5.41) is 16.6. The van der Waals surface area contributed by atoms with Crippen LogP contribution in [0.4, 0.5) is 4.79 Å². The van der Waals surface area contributed by atoms with Crippen molar-refractivity contribution in [3.8, 4) is 5.75 Å². The molecule has 19 heavy (non-hydrogen) atoms. The second kappa shape index (κ2) is 4.72. The molecular weight excluding hydrogens is 246 g/mol. The van der Waals surface area contributed by atoms with E-state index in [1.807, 2.05) is 6.92 Å². The molecule has 1 heterocycles. The van der Waals surface area contributed by atoms with Crippen molar-refractivity contribution in [1.82, 2.24) is 10.3 Å². The summed E-state index contributed by atoms with van der Waals surface area (Å²) in [7, 11) is 0. The highest BCUT2D eigenvalue weighted by Gasteiger charge is 2.46. The van der Waals surface area contributed by atoms with Gasteiger partial charge in [-0.2, -0.15) is 5.10 Å². The van der Waals surface area contributed by atoms with Crippen molar-refractivity contribution in [3.05, 3.63) is 29.8 Å². The Morgan fingerprint density at radius 2 is 2.21 bits per heavy atom. The maximum Gasteiger partial charge on any atom is 0.346 e. The Labute approximate surface area is 110 Å². The number of urea groups is 1. The van der Waals surface area contributed by atoms with Gasteiger partial charge < -0.3 is 10.4 Å². The number of nitrogens with one attached hydrogen (secondary N) is 1. The van der Waals surface area contributed by atoms with Crippen molar-refractivity contribution in [3.63, 3.8) is 0 Å². The summed E-state index contributed by atoms with van der Waals surface area (Å²) in [6.45, 7) is 3.48. The summed E-state index contributed by atoms with van der Waals surface area (Å²) in [5.41, 5.74) is -0.293. The second-order valence-electron chi connectivity index (χ2n) is 4.57. The molecule has 0 spiro atoms. The number of carbonyl (C=O) groups is 2. The zero-order chi connectivity index (χ0) is 14.0. The third-order valence-electron chi connectivity index (χ3n) is 3.14. The zero-order valence-corrected chi connectivity index (χ0v) is 10.8. The standard InChI is InChI=1S/C13H15N3O3/c1-3-13(2)11(18)16(12(19)15-13)14-8-9-5-4-6-10(17)7-9/h4-8,17H,3H2,1-2H3,(H,15,19)/b14-8-/t13-/m1/s1. The Balaban J connectivity index is 2.20. The molecule has 2 N–H and O–H groups in total. The highest BCUT2D eigenvalue weighted by atomic mass is 16.3. The van der Waals surface area contributed by atoms with Crippen LogP contribution in [0.1, 0.15) is 25.8 Å². The number of phenols is 1. The minimum Gasteiger partial charge on any atom is -0.508 e. The van der Waals surface area contributed by atoms with E-state index in [1.54, 1.807) is 19.1 Å². The highest BCUT2D eigenvalue weighted by Crippen LogP contribution is 2.21. The molecule has 0 radical (unpaired) electrons. The van der Waals surface area contributed by atoms with Crippen LogP contribution in [0, 0.1) is 0 Å². The summed E-state index contributed by atoms with van der Waals surface area (Å²) < 4.78 is 0. The van der Waals surface area contributed by atoms with Gasteiger partial charge in [0.25, 0.3) is 5.91 Å². The molecule has 0 unspecified atom stereocenters. The highest BCUT2D eigenvalue weighted by molar-refractivity contribution is 6.07. The molecule has 1 aliphatic rings. The molecular formula is C13H15N3O3. The van der Waals surface area contributed by atoms with E-state index in [-0.39, 0.29) is 11.7 Å². The monoisotopic (exact) mass is 261 g/mol. The van der Waals surface area contributed by atoms with Crippen molar-refractivity contribution in [2.24, 2.45) is 5.10 Å². The first kappa shape index (κ1) is 13.1. The lowest BCUT2D eigenvalue weighted by Gasteiger charge is -2.17. The summed E-state index contributed by atoms with van der Waals surface area (Å²) in [6, 6.07) is 5.84. The second-order valence-corrected chi connectivity index (χ2v) is 4.57. The van der Waals surface area contributed by atoms with E-state index in [1.165, 1.54) is 18.3 Å². The van der Waals surface area contributed by atoms with Gasteiger partial charge in [0.15, 0.2) is 0 Å². The first-order chi connectivity index (χ1) is 8.96. The molecule has 100 valence electrons. The van der Waals surface area contributed by atoms with Gasteiger partial charge in [0.2, 0.25) is 0 Å². The van der Waals surface area contributed by atoms with E-state index >= 15 is 0 Å². The third-order valence-corrected chi connectivity index (χ3v) is 3.14. The summed E-state index contributed by atoms with van der Waals surface area (Å²) >= 11 is 0. The number of nitrogens with zero attached hydrogens (tertiary/aromatic N) is 2. The number of carbonyl (C=O) groups excluding carboxylic acids is 2. The maximum absolute atomic E-state index is 12.0. The summed E-state index contributed by atoms with van der Waals surface area (Å²) in [4.78, 5) is 23.7. The summed E-state index contributed by atoms with van der Waals surface area (Å²) in [6.07, 6.45) is 1.86. The quantitative estimate of drug-likeness (QED) is 0.638. The molecule has 3 amide bonds. The molecule has 1 aromatic carbocycles. The molecule has 1 aromatic rings. The van der Waals surface area contributed by atoms with Gasteiger partial charge in [-0.15, -0.1) is 5.01 Å². The lowest BCUT2D eigenvalue weighted by atomic mass is 10.00. The van der Waals surface area contributed by atoms with Crippen molar-refractivity contribution >= 4 is 18.2 Å². The van der Waals surface area contributed by atoms with Crippen LogP contribution in [0.15, 0.2) is 29.4 Å². The van der Waals surface area contributed by atoms with Gasteiger partial charge in [-0.3, -0.25) is 4.79 Å². The van der Waals surface area contributed by atoms with E-state index < -0.39 is 11.6 Å². The van der Waals surface area contributed by atoms with Gasteiger partial charge in [0.1, 0.15) is 11.3 Å². The molecule has 1 atom stereocenters. The predicted octanol–water partition coefficient (Wildman–Crippen LogP) is 1.45. The van der Waals surface area contributed by atoms with Crippen LogP contribution < -0.4 is 5.32 Å². The first-order valence-corrected chi connectivity index (χ1v) is 5.96. The topological polar surface area (TPSA) is 82.0 Å². The zero-order valence-electron chi connectivity index (χ0n) is 10.8. The Kier molecular flexibility index (Phi) is 3.25. The van der Waals surface area contributed by atoms with Crippen molar-refractivity contribution in [1.29, 1.82) is 0 Å². The average molecular weight is 261 g/mol. The number of hydrogen-bond donors (Lipinski definition) is 2. The molecule has 6 heteroatoms. The largest absolute Gasteiger partial charge is 0.508 e. The van der Waals surface area contributed by atoms with Crippen molar-refractivity contribution in [2.45, 2.75) is 25.8 Å². The molecule has 1 fully saturated rings. The van der Waals surface area contributed by atoms with Gasteiger partial charge in [0.05, 0.1) is 6.21 Å². The fraction of sp³-hybridized carbons (Fsp3) is 0.308. The van der Waals surface area contributed by atoms with Gasteiger partial charge in [0, 0.05) is 0 Å². The van der Waals surface area contributed by atoms with Crippen LogP contribution in [-0.4, -0.2) is 33.8 Å². The number of imide groups is 1. The third kappa shape index (κ3) is 2.42. The van der Waals surface area contributed by atoms with Gasteiger partial charge in [-0.05, 0) is 31.0 Å². The predicted molar refractivity (Wildman–Crippen MR) is 69.8 cm³/mol. The molecule has 2 rings (SSSR count). The number of phenolic OH excluding ortho intramolecular Hbond substituents is 1. The Morgan fingerprint density at radius 1 is 1.47 bits per heavy atom. The number of hydrazone groups is 1. The van der Waals surface area contributed by atoms with E-state index in [0.29, 0.717) is 12.0 Å². The molecule has 1 saturated heterocycles. The van der Waals surface area contributed by atoms with E-state index in [2.05, 4.69) is 10.4 Å². The number of aromatic hydroxyl groups is 1. The van der Waals surface area contributed by atoms with Crippen LogP contribution >= 0.6 is 0 Å². The van der Waals surface area contributed by atoms with Crippen LogP contribution in [0.2, 0.25) is 0 Å². The molecule has 6 nitrogen and oxygen atoms in total.